The first kappa shape index (κ1) is 16.8. The van der Waals surface area contributed by atoms with Crippen LogP contribution in [0.25, 0.3) is 0 Å². The molecule has 2 nitrogen and oxygen atoms in total. The fourth-order valence-electron chi connectivity index (χ4n) is 3.02. The molecular formula is C16H29NOS. The van der Waals surface area contributed by atoms with Gasteiger partial charge in [0.15, 0.2) is 5.78 Å². The van der Waals surface area contributed by atoms with Crippen molar-refractivity contribution in [1.29, 1.82) is 0 Å². The van der Waals surface area contributed by atoms with Crippen LogP contribution < -0.4 is 5.32 Å². The van der Waals surface area contributed by atoms with Crippen molar-refractivity contribution < 1.29 is 4.79 Å². The highest BCUT2D eigenvalue weighted by atomic mass is 32.2. The molecule has 3 unspecified atom stereocenters. The Labute approximate surface area is 122 Å². The fraction of sp³-hybridized carbons (Fsp3) is 0.812. The molecule has 0 aromatic heterocycles. The molecule has 0 aromatic rings. The van der Waals surface area contributed by atoms with Crippen molar-refractivity contribution in [3.8, 4) is 0 Å². The summed E-state index contributed by atoms with van der Waals surface area (Å²) in [7, 11) is 0. The van der Waals surface area contributed by atoms with Crippen molar-refractivity contribution >= 4 is 17.5 Å². The summed E-state index contributed by atoms with van der Waals surface area (Å²) in [5.41, 5.74) is 1.21. The Morgan fingerprint density at radius 3 is 2.42 bits per heavy atom. The minimum absolute atomic E-state index is 0.0250. The molecule has 110 valence electrons. The Hall–Kier alpha value is -0.280. The molecule has 1 fully saturated rings. The monoisotopic (exact) mass is 283 g/mol. The van der Waals surface area contributed by atoms with Crippen LogP contribution in [0.5, 0.6) is 0 Å². The minimum atomic E-state index is -0.0283. The van der Waals surface area contributed by atoms with Crippen LogP contribution >= 0.6 is 11.8 Å². The Balaban J connectivity index is 2.87. The SMILES string of the molecule is C=C(C)C(C(C)C)C1NC(C(=O)CCC)C(C)(C)S1. The molecule has 0 aromatic carbocycles. The van der Waals surface area contributed by atoms with Crippen LogP contribution in [0.4, 0.5) is 0 Å². The van der Waals surface area contributed by atoms with E-state index >= 15 is 0 Å². The number of thioether (sulfide) groups is 1. The predicted molar refractivity (Wildman–Crippen MR) is 85.4 cm³/mol. The lowest BCUT2D eigenvalue weighted by atomic mass is 9.88. The second-order valence-corrected chi connectivity index (χ2v) is 8.37. The summed E-state index contributed by atoms with van der Waals surface area (Å²) >= 11 is 1.90. The Morgan fingerprint density at radius 2 is 2.00 bits per heavy atom. The predicted octanol–water partition coefficient (Wildman–Crippen LogP) is 4.01. The zero-order valence-corrected chi connectivity index (χ0v) is 14.1. The van der Waals surface area contributed by atoms with E-state index in [1.807, 2.05) is 11.8 Å². The van der Waals surface area contributed by atoms with Crippen LogP contribution in [0.1, 0.15) is 54.4 Å². The molecule has 1 aliphatic heterocycles. The normalized spacial score (nSPS) is 27.5. The molecule has 3 atom stereocenters. The van der Waals surface area contributed by atoms with Crippen molar-refractivity contribution in [2.45, 2.75) is 70.5 Å². The van der Waals surface area contributed by atoms with Gasteiger partial charge < -0.3 is 0 Å². The molecule has 0 amide bonds. The van der Waals surface area contributed by atoms with E-state index in [9.17, 15) is 4.79 Å². The van der Waals surface area contributed by atoms with Crippen LogP contribution in [-0.4, -0.2) is 21.9 Å². The molecule has 0 bridgehead atoms. The van der Waals surface area contributed by atoms with E-state index in [2.05, 4.69) is 53.4 Å². The van der Waals surface area contributed by atoms with Gasteiger partial charge in [0.2, 0.25) is 0 Å². The lowest BCUT2D eigenvalue weighted by Crippen LogP contribution is -2.46. The summed E-state index contributed by atoms with van der Waals surface area (Å²) in [5, 5.41) is 3.89. The van der Waals surface area contributed by atoms with E-state index in [0.717, 1.165) is 6.42 Å². The molecule has 0 spiro atoms. The van der Waals surface area contributed by atoms with Gasteiger partial charge in [0.05, 0.1) is 11.4 Å². The Bertz CT molecular complexity index is 349. The van der Waals surface area contributed by atoms with Crippen molar-refractivity contribution in [2.24, 2.45) is 11.8 Å². The minimum Gasteiger partial charge on any atom is -0.298 e. The molecule has 0 aliphatic carbocycles. The summed E-state index contributed by atoms with van der Waals surface area (Å²) in [5.74, 6) is 1.31. The molecule has 1 rings (SSSR count). The molecule has 19 heavy (non-hydrogen) atoms. The highest BCUT2D eigenvalue weighted by Gasteiger charge is 2.47. The third-order valence-corrected chi connectivity index (χ3v) is 5.42. The van der Waals surface area contributed by atoms with Gasteiger partial charge in [-0.2, -0.15) is 0 Å². The topological polar surface area (TPSA) is 29.1 Å². The summed E-state index contributed by atoms with van der Waals surface area (Å²) in [6.07, 6.45) is 1.60. The van der Waals surface area contributed by atoms with Crippen molar-refractivity contribution in [3.63, 3.8) is 0 Å². The molecule has 1 saturated heterocycles. The van der Waals surface area contributed by atoms with Crippen molar-refractivity contribution in [2.75, 3.05) is 0 Å². The maximum absolute atomic E-state index is 12.3. The zero-order valence-electron chi connectivity index (χ0n) is 13.2. The fourth-order valence-corrected chi connectivity index (χ4v) is 4.91. The van der Waals surface area contributed by atoms with Crippen LogP contribution in [0, 0.1) is 11.8 Å². The Morgan fingerprint density at radius 1 is 1.42 bits per heavy atom. The highest BCUT2D eigenvalue weighted by Crippen LogP contribution is 2.44. The summed E-state index contributed by atoms with van der Waals surface area (Å²) in [6, 6.07) is -0.0250. The maximum atomic E-state index is 12.3. The van der Waals surface area contributed by atoms with Crippen LogP contribution in [0.2, 0.25) is 0 Å². The van der Waals surface area contributed by atoms with Gasteiger partial charge in [-0.25, -0.2) is 0 Å². The molecule has 0 saturated carbocycles. The van der Waals surface area contributed by atoms with Gasteiger partial charge >= 0.3 is 0 Å². The zero-order chi connectivity index (χ0) is 14.8. The highest BCUT2D eigenvalue weighted by molar-refractivity contribution is 8.01. The first-order valence-corrected chi connectivity index (χ1v) is 8.20. The number of Topliss-reactive ketones (excluding diaryl/α,β-unsaturated/α-hetero) is 1. The van der Waals surface area contributed by atoms with Gasteiger partial charge in [0, 0.05) is 17.1 Å². The summed E-state index contributed by atoms with van der Waals surface area (Å²) in [4.78, 5) is 12.3. The van der Waals surface area contributed by atoms with Gasteiger partial charge in [0.25, 0.3) is 0 Å². The van der Waals surface area contributed by atoms with Crippen LogP contribution in [0.15, 0.2) is 12.2 Å². The molecule has 1 aliphatic rings. The van der Waals surface area contributed by atoms with Crippen LogP contribution in [-0.2, 0) is 4.79 Å². The van der Waals surface area contributed by atoms with Gasteiger partial charge in [-0.05, 0) is 33.1 Å². The lowest BCUT2D eigenvalue weighted by molar-refractivity contribution is -0.121. The average molecular weight is 283 g/mol. The molecular weight excluding hydrogens is 254 g/mol. The van der Waals surface area contributed by atoms with E-state index in [0.29, 0.717) is 29.4 Å². The molecule has 1 heterocycles. The number of carbonyl (C=O) groups excluding carboxylic acids is 1. The number of hydrogen-bond acceptors (Lipinski definition) is 3. The summed E-state index contributed by atoms with van der Waals surface area (Å²) in [6.45, 7) is 17.1. The molecule has 1 N–H and O–H groups in total. The number of carbonyl (C=O) groups is 1. The standard InChI is InChI=1S/C16H29NOS/c1-8-9-12(18)14-16(6,7)19-15(17-14)13(10(2)3)11(4)5/h11,13-15,17H,2,8-9H2,1,3-7H3. The largest absolute Gasteiger partial charge is 0.298 e. The van der Waals surface area contributed by atoms with E-state index < -0.39 is 0 Å². The number of ketones is 1. The number of hydrogen-bond donors (Lipinski definition) is 1. The van der Waals surface area contributed by atoms with Gasteiger partial charge in [-0.15, -0.1) is 11.8 Å². The second kappa shape index (κ2) is 6.45. The smallest absolute Gasteiger partial charge is 0.151 e. The van der Waals surface area contributed by atoms with E-state index in [4.69, 9.17) is 0 Å². The third-order valence-electron chi connectivity index (χ3n) is 3.89. The lowest BCUT2D eigenvalue weighted by Gasteiger charge is -2.28. The second-order valence-electron chi connectivity index (χ2n) is 6.57. The number of rotatable bonds is 6. The first-order chi connectivity index (χ1) is 8.70. The Kier molecular flexibility index (Phi) is 5.69. The number of nitrogens with one attached hydrogen (secondary N) is 1. The summed E-state index contributed by atoms with van der Waals surface area (Å²) < 4.78 is -0.0283. The first-order valence-electron chi connectivity index (χ1n) is 7.32. The molecule has 0 radical (unpaired) electrons. The van der Waals surface area contributed by atoms with Gasteiger partial charge in [-0.3, -0.25) is 10.1 Å². The molecule has 3 heteroatoms. The van der Waals surface area contributed by atoms with Crippen molar-refractivity contribution in [3.05, 3.63) is 12.2 Å². The van der Waals surface area contributed by atoms with Gasteiger partial charge in [-0.1, -0.05) is 32.9 Å². The van der Waals surface area contributed by atoms with Gasteiger partial charge in [0.1, 0.15) is 0 Å². The van der Waals surface area contributed by atoms with E-state index in [1.165, 1.54) is 5.57 Å². The average Bonchev–Trinajstić information content (AvgIpc) is 2.53. The van der Waals surface area contributed by atoms with E-state index in [-0.39, 0.29) is 10.8 Å². The quantitative estimate of drug-likeness (QED) is 0.747. The third kappa shape index (κ3) is 3.85. The van der Waals surface area contributed by atoms with E-state index in [1.54, 1.807) is 0 Å². The van der Waals surface area contributed by atoms with Crippen molar-refractivity contribution in [1.82, 2.24) is 5.32 Å². The maximum Gasteiger partial charge on any atom is 0.151 e. The van der Waals surface area contributed by atoms with Crippen LogP contribution in [0.3, 0.4) is 0 Å².